The van der Waals surface area contributed by atoms with E-state index in [1.54, 1.807) is 6.20 Å². The Bertz CT molecular complexity index is 613. The number of carbonyl (C=O) groups is 2. The molecular formula is C18H30N6O3. The Labute approximate surface area is 160 Å². The molecule has 0 aliphatic carbocycles. The predicted molar refractivity (Wildman–Crippen MR) is 104 cm³/mol. The Hall–Kier alpha value is -2.58. The summed E-state index contributed by atoms with van der Waals surface area (Å²) in [4.78, 5) is 33.3. The smallest absolute Gasteiger partial charge is 0.319 e. The third kappa shape index (κ3) is 5.97. The number of carboxylic acid groups (broad SMARTS) is 1. The van der Waals surface area contributed by atoms with Crippen LogP contribution >= 0.6 is 0 Å². The number of aryl methyl sites for hydroxylation is 1. The molecule has 0 unspecified atom stereocenters. The molecule has 2 amide bonds. The number of carbonyl (C=O) groups excluding carboxylic acids is 1. The third-order valence-corrected chi connectivity index (χ3v) is 5.00. The number of piperidine rings is 2. The number of rotatable bonds is 3. The second kappa shape index (κ2) is 10.5. The van der Waals surface area contributed by atoms with Crippen LogP contribution in [0.4, 0.5) is 16.6 Å². The van der Waals surface area contributed by atoms with Gasteiger partial charge in [0.1, 0.15) is 5.82 Å². The topological polar surface area (TPSA) is 125 Å². The molecule has 9 heteroatoms. The van der Waals surface area contributed by atoms with Gasteiger partial charge in [-0.2, -0.15) is 4.98 Å². The molecule has 0 bridgehead atoms. The number of hydrogen-bond acceptors (Lipinski definition) is 6. The fraction of sp³-hybridized carbons (Fsp3) is 0.667. The lowest BCUT2D eigenvalue weighted by Gasteiger charge is -2.37. The van der Waals surface area contributed by atoms with Gasteiger partial charge >= 0.3 is 6.03 Å². The molecule has 0 spiro atoms. The zero-order chi connectivity index (χ0) is 19.6. The number of nitrogens with two attached hydrogens (primary N) is 1. The maximum absolute atomic E-state index is 12.6. The fourth-order valence-corrected chi connectivity index (χ4v) is 3.50. The highest BCUT2D eigenvalue weighted by atomic mass is 16.3. The van der Waals surface area contributed by atoms with Crippen LogP contribution in [0.3, 0.4) is 0 Å². The number of aromatic nitrogens is 2. The molecule has 2 aliphatic heterocycles. The Morgan fingerprint density at radius 2 is 1.85 bits per heavy atom. The van der Waals surface area contributed by atoms with Crippen molar-refractivity contribution in [1.82, 2.24) is 19.8 Å². The summed E-state index contributed by atoms with van der Waals surface area (Å²) in [5.74, 6) is 1.14. The quantitative estimate of drug-likeness (QED) is 0.685. The van der Waals surface area contributed by atoms with E-state index in [1.165, 1.54) is 6.42 Å². The number of amides is 2. The Kier molecular flexibility index (Phi) is 8.09. The van der Waals surface area contributed by atoms with Gasteiger partial charge in [-0.3, -0.25) is 4.79 Å². The summed E-state index contributed by atoms with van der Waals surface area (Å²) in [7, 11) is 0. The number of likely N-dealkylation sites (tertiary alicyclic amines) is 2. The van der Waals surface area contributed by atoms with Gasteiger partial charge in [-0.05, 0) is 38.5 Å². The highest BCUT2D eigenvalue weighted by molar-refractivity contribution is 5.74. The molecule has 2 saturated heterocycles. The van der Waals surface area contributed by atoms with Gasteiger partial charge in [0.15, 0.2) is 0 Å². The van der Waals surface area contributed by atoms with Crippen molar-refractivity contribution >= 4 is 24.3 Å². The molecule has 9 nitrogen and oxygen atoms in total. The summed E-state index contributed by atoms with van der Waals surface area (Å²) in [6.45, 7) is 5.26. The van der Waals surface area contributed by atoms with Crippen LogP contribution in [0.1, 0.15) is 44.6 Å². The van der Waals surface area contributed by atoms with E-state index in [0.29, 0.717) is 12.0 Å². The van der Waals surface area contributed by atoms with E-state index < -0.39 is 0 Å². The lowest BCUT2D eigenvalue weighted by atomic mass is 10.0. The van der Waals surface area contributed by atoms with Gasteiger partial charge < -0.3 is 26.0 Å². The van der Waals surface area contributed by atoms with Crippen molar-refractivity contribution in [3.63, 3.8) is 0 Å². The standard InChI is InChI=1S/C17H28N6O.CH2O2/c1-2-13-12-19-16(18)21-15(13)20-14-6-10-23(11-7-14)17(24)22-8-4-3-5-9-22;2-1-3/h12,14H,2-11H2,1H3,(H3,18,19,20,21);1H,(H,2,3). The van der Waals surface area contributed by atoms with Crippen molar-refractivity contribution in [2.45, 2.75) is 51.5 Å². The zero-order valence-corrected chi connectivity index (χ0v) is 15.9. The molecule has 1 aromatic heterocycles. The zero-order valence-electron chi connectivity index (χ0n) is 15.9. The van der Waals surface area contributed by atoms with Gasteiger partial charge in [-0.25, -0.2) is 9.78 Å². The fourth-order valence-electron chi connectivity index (χ4n) is 3.50. The van der Waals surface area contributed by atoms with Gasteiger partial charge in [0.2, 0.25) is 5.95 Å². The molecule has 3 rings (SSSR count). The lowest BCUT2D eigenvalue weighted by molar-refractivity contribution is -0.122. The maximum Gasteiger partial charge on any atom is 0.319 e. The largest absolute Gasteiger partial charge is 0.483 e. The average Bonchev–Trinajstić information content (AvgIpc) is 2.69. The van der Waals surface area contributed by atoms with Gasteiger partial charge in [-0.1, -0.05) is 6.92 Å². The number of nitrogens with one attached hydrogen (secondary N) is 1. The Morgan fingerprint density at radius 3 is 2.44 bits per heavy atom. The van der Waals surface area contributed by atoms with Gasteiger partial charge in [-0.15, -0.1) is 0 Å². The molecule has 0 radical (unpaired) electrons. The van der Waals surface area contributed by atoms with Crippen LogP contribution < -0.4 is 11.1 Å². The number of nitrogen functional groups attached to an aromatic ring is 1. The summed E-state index contributed by atoms with van der Waals surface area (Å²) in [6, 6.07) is 0.545. The predicted octanol–water partition coefficient (Wildman–Crippen LogP) is 1.80. The van der Waals surface area contributed by atoms with Crippen LogP contribution in [-0.2, 0) is 11.2 Å². The first kappa shape index (κ1) is 20.7. The number of nitrogens with zero attached hydrogens (tertiary/aromatic N) is 4. The lowest BCUT2D eigenvalue weighted by Crippen LogP contribution is -2.49. The summed E-state index contributed by atoms with van der Waals surface area (Å²) in [5, 5.41) is 10.4. The number of anilines is 2. The molecule has 4 N–H and O–H groups in total. The van der Waals surface area contributed by atoms with Crippen molar-refractivity contribution in [2.24, 2.45) is 0 Å². The Morgan fingerprint density at radius 1 is 1.26 bits per heavy atom. The molecular weight excluding hydrogens is 348 g/mol. The van der Waals surface area contributed by atoms with E-state index in [2.05, 4.69) is 22.2 Å². The van der Waals surface area contributed by atoms with E-state index in [4.69, 9.17) is 15.6 Å². The summed E-state index contributed by atoms with van der Waals surface area (Å²) in [5.41, 5.74) is 6.79. The van der Waals surface area contributed by atoms with Crippen LogP contribution in [0.15, 0.2) is 6.20 Å². The minimum Gasteiger partial charge on any atom is -0.483 e. The Balaban J connectivity index is 0.000000817. The van der Waals surface area contributed by atoms with Crippen LogP contribution in [0.5, 0.6) is 0 Å². The van der Waals surface area contributed by atoms with Crippen LogP contribution in [0.25, 0.3) is 0 Å². The van der Waals surface area contributed by atoms with Crippen LogP contribution in [0.2, 0.25) is 0 Å². The normalized spacial score (nSPS) is 17.7. The second-order valence-corrected chi connectivity index (χ2v) is 6.80. The van der Waals surface area contributed by atoms with E-state index in [-0.39, 0.29) is 12.5 Å². The highest BCUT2D eigenvalue weighted by Crippen LogP contribution is 2.21. The number of urea groups is 1. The SMILES string of the molecule is CCc1cnc(N)nc1NC1CCN(C(=O)N2CCCCC2)CC1.O=CO. The van der Waals surface area contributed by atoms with Crippen molar-refractivity contribution in [2.75, 3.05) is 37.2 Å². The summed E-state index contributed by atoms with van der Waals surface area (Å²) in [6.07, 6.45) is 8.06. The summed E-state index contributed by atoms with van der Waals surface area (Å²) < 4.78 is 0. The summed E-state index contributed by atoms with van der Waals surface area (Å²) >= 11 is 0. The van der Waals surface area contributed by atoms with Crippen molar-refractivity contribution < 1.29 is 14.7 Å². The average molecular weight is 378 g/mol. The first-order chi connectivity index (χ1) is 13.1. The molecule has 27 heavy (non-hydrogen) atoms. The van der Waals surface area contributed by atoms with Crippen molar-refractivity contribution in [3.8, 4) is 0 Å². The van der Waals surface area contributed by atoms with Crippen molar-refractivity contribution in [3.05, 3.63) is 11.8 Å². The molecule has 0 saturated carbocycles. The molecule has 0 aromatic carbocycles. The van der Waals surface area contributed by atoms with E-state index in [0.717, 1.165) is 69.7 Å². The molecule has 150 valence electrons. The molecule has 2 aliphatic rings. The first-order valence-electron chi connectivity index (χ1n) is 9.58. The first-order valence-corrected chi connectivity index (χ1v) is 9.58. The maximum atomic E-state index is 12.6. The highest BCUT2D eigenvalue weighted by Gasteiger charge is 2.27. The van der Waals surface area contributed by atoms with E-state index in [9.17, 15) is 4.79 Å². The monoisotopic (exact) mass is 378 g/mol. The molecule has 1 aromatic rings. The van der Waals surface area contributed by atoms with Gasteiger partial charge in [0.25, 0.3) is 6.47 Å². The molecule has 3 heterocycles. The second-order valence-electron chi connectivity index (χ2n) is 6.80. The van der Waals surface area contributed by atoms with E-state index >= 15 is 0 Å². The molecule has 2 fully saturated rings. The van der Waals surface area contributed by atoms with Gasteiger partial charge in [0, 0.05) is 44.0 Å². The minimum atomic E-state index is -0.250. The number of hydrogen-bond donors (Lipinski definition) is 3. The van der Waals surface area contributed by atoms with Crippen LogP contribution in [0, 0.1) is 0 Å². The molecule has 0 atom stereocenters. The van der Waals surface area contributed by atoms with E-state index in [1.807, 2.05) is 9.80 Å². The van der Waals surface area contributed by atoms with Crippen LogP contribution in [-0.4, -0.2) is 69.6 Å². The minimum absolute atomic E-state index is 0.216. The van der Waals surface area contributed by atoms with Crippen molar-refractivity contribution in [1.29, 1.82) is 0 Å². The third-order valence-electron chi connectivity index (χ3n) is 5.00. The van der Waals surface area contributed by atoms with Gasteiger partial charge in [0.05, 0.1) is 0 Å².